The molecule has 0 saturated heterocycles. The van der Waals surface area contributed by atoms with Crippen LogP contribution in [0.2, 0.25) is 0 Å². The topological polar surface area (TPSA) is 46.2 Å². The van der Waals surface area contributed by atoms with Crippen LogP contribution in [0.1, 0.15) is 44.9 Å². The van der Waals surface area contributed by atoms with Crippen molar-refractivity contribution in [1.82, 2.24) is 5.32 Å². The summed E-state index contributed by atoms with van der Waals surface area (Å²) in [5.41, 5.74) is 0. The fourth-order valence-electron chi connectivity index (χ4n) is 2.12. The molecule has 0 bridgehead atoms. The Labute approximate surface area is 93.6 Å². The zero-order valence-electron chi connectivity index (χ0n) is 9.67. The van der Waals surface area contributed by atoms with Gasteiger partial charge in [-0.25, -0.2) is 8.42 Å². The predicted molar refractivity (Wildman–Crippen MR) is 63.8 cm³/mol. The highest BCUT2D eigenvalue weighted by Gasteiger charge is 2.11. The van der Waals surface area contributed by atoms with E-state index in [0.29, 0.717) is 11.8 Å². The maximum Gasteiger partial charge on any atom is 0.147 e. The Morgan fingerprint density at radius 3 is 2.27 bits per heavy atom. The van der Waals surface area contributed by atoms with E-state index >= 15 is 0 Å². The molecule has 1 N–H and O–H groups in total. The highest BCUT2D eigenvalue weighted by atomic mass is 32.2. The van der Waals surface area contributed by atoms with E-state index in [1.807, 2.05) is 0 Å². The van der Waals surface area contributed by atoms with E-state index in [2.05, 4.69) is 5.32 Å². The zero-order chi connectivity index (χ0) is 11.1. The minimum atomic E-state index is -2.77. The molecule has 15 heavy (non-hydrogen) atoms. The van der Waals surface area contributed by atoms with Gasteiger partial charge in [0.25, 0.3) is 0 Å². The average molecular weight is 233 g/mol. The van der Waals surface area contributed by atoms with Crippen molar-refractivity contribution in [1.29, 1.82) is 0 Å². The molecule has 1 aliphatic carbocycles. The standard InChI is InChI=1S/C11H23NO2S/c1-15(13,14)10-6-9-12-11-7-4-2-3-5-8-11/h11-12H,2-10H2,1H3. The first kappa shape index (κ1) is 13.0. The summed E-state index contributed by atoms with van der Waals surface area (Å²) in [5, 5.41) is 3.47. The molecule has 0 aromatic carbocycles. The molecule has 1 fully saturated rings. The lowest BCUT2D eigenvalue weighted by molar-refractivity contribution is 0.460. The highest BCUT2D eigenvalue weighted by Crippen LogP contribution is 2.16. The molecule has 0 aliphatic heterocycles. The second-order valence-corrected chi connectivity index (χ2v) is 6.89. The summed E-state index contributed by atoms with van der Waals surface area (Å²) in [5.74, 6) is 0.312. The van der Waals surface area contributed by atoms with Gasteiger partial charge in [0.15, 0.2) is 0 Å². The van der Waals surface area contributed by atoms with Crippen molar-refractivity contribution in [3.05, 3.63) is 0 Å². The molecular weight excluding hydrogens is 210 g/mol. The van der Waals surface area contributed by atoms with Crippen LogP contribution in [0, 0.1) is 0 Å². The van der Waals surface area contributed by atoms with Crippen LogP contribution < -0.4 is 5.32 Å². The molecule has 0 amide bonds. The van der Waals surface area contributed by atoms with E-state index in [1.54, 1.807) is 0 Å². The van der Waals surface area contributed by atoms with E-state index in [1.165, 1.54) is 44.8 Å². The summed E-state index contributed by atoms with van der Waals surface area (Å²) in [6, 6.07) is 0.632. The van der Waals surface area contributed by atoms with Gasteiger partial charge in [0.2, 0.25) is 0 Å². The van der Waals surface area contributed by atoms with E-state index in [4.69, 9.17) is 0 Å². The monoisotopic (exact) mass is 233 g/mol. The Kier molecular flexibility index (Phi) is 5.61. The molecular formula is C11H23NO2S. The Balaban J connectivity index is 2.08. The Bertz CT molecular complexity index is 254. The third-order valence-electron chi connectivity index (χ3n) is 2.98. The summed E-state index contributed by atoms with van der Waals surface area (Å²) in [6.45, 7) is 0.845. The largest absolute Gasteiger partial charge is 0.314 e. The summed E-state index contributed by atoms with van der Waals surface area (Å²) in [4.78, 5) is 0. The van der Waals surface area contributed by atoms with E-state index in [-0.39, 0.29) is 0 Å². The molecule has 1 saturated carbocycles. The lowest BCUT2D eigenvalue weighted by atomic mass is 10.1. The van der Waals surface area contributed by atoms with E-state index in [9.17, 15) is 8.42 Å². The van der Waals surface area contributed by atoms with E-state index < -0.39 is 9.84 Å². The van der Waals surface area contributed by atoms with Gasteiger partial charge < -0.3 is 5.32 Å². The Morgan fingerprint density at radius 1 is 1.13 bits per heavy atom. The van der Waals surface area contributed by atoms with Crippen LogP contribution in [-0.4, -0.2) is 33.0 Å². The Morgan fingerprint density at radius 2 is 1.73 bits per heavy atom. The van der Waals surface area contributed by atoms with E-state index in [0.717, 1.165) is 13.0 Å². The van der Waals surface area contributed by atoms with Crippen LogP contribution in [0.5, 0.6) is 0 Å². The third-order valence-corrected chi connectivity index (χ3v) is 4.01. The molecule has 0 atom stereocenters. The van der Waals surface area contributed by atoms with Crippen molar-refractivity contribution in [2.75, 3.05) is 18.6 Å². The van der Waals surface area contributed by atoms with Gasteiger partial charge in [-0.1, -0.05) is 25.7 Å². The number of hydrogen-bond acceptors (Lipinski definition) is 3. The van der Waals surface area contributed by atoms with Crippen molar-refractivity contribution in [2.45, 2.75) is 51.0 Å². The third kappa shape index (κ3) is 6.90. The van der Waals surface area contributed by atoms with Crippen LogP contribution in [0.15, 0.2) is 0 Å². The van der Waals surface area contributed by atoms with Gasteiger partial charge in [0.1, 0.15) is 9.84 Å². The molecule has 1 rings (SSSR count). The SMILES string of the molecule is CS(=O)(=O)CCCNC1CCCCCC1. The van der Waals surface area contributed by atoms with Crippen LogP contribution in [-0.2, 0) is 9.84 Å². The Hall–Kier alpha value is -0.0900. The maximum absolute atomic E-state index is 10.9. The van der Waals surface area contributed by atoms with Crippen molar-refractivity contribution in [2.24, 2.45) is 0 Å². The smallest absolute Gasteiger partial charge is 0.147 e. The lowest BCUT2D eigenvalue weighted by Gasteiger charge is -2.15. The molecule has 0 spiro atoms. The summed E-state index contributed by atoms with van der Waals surface area (Å²) >= 11 is 0. The quantitative estimate of drug-likeness (QED) is 0.581. The number of hydrogen-bond donors (Lipinski definition) is 1. The number of rotatable bonds is 5. The molecule has 0 radical (unpaired) electrons. The fourth-order valence-corrected chi connectivity index (χ4v) is 2.79. The predicted octanol–water partition coefficient (Wildman–Crippen LogP) is 1.73. The molecule has 3 nitrogen and oxygen atoms in total. The molecule has 0 unspecified atom stereocenters. The van der Waals surface area contributed by atoms with Crippen molar-refractivity contribution >= 4 is 9.84 Å². The summed E-state index contributed by atoms with van der Waals surface area (Å²) in [7, 11) is -2.77. The first-order chi connectivity index (χ1) is 7.08. The average Bonchev–Trinajstić information content (AvgIpc) is 2.39. The van der Waals surface area contributed by atoms with Crippen molar-refractivity contribution < 1.29 is 8.42 Å². The highest BCUT2D eigenvalue weighted by molar-refractivity contribution is 7.90. The second kappa shape index (κ2) is 6.48. The van der Waals surface area contributed by atoms with Gasteiger partial charge in [-0.2, -0.15) is 0 Å². The van der Waals surface area contributed by atoms with Crippen molar-refractivity contribution in [3.8, 4) is 0 Å². The minimum absolute atomic E-state index is 0.312. The van der Waals surface area contributed by atoms with Gasteiger partial charge in [-0.3, -0.25) is 0 Å². The summed E-state index contributed by atoms with van der Waals surface area (Å²) in [6.07, 6.45) is 9.95. The normalized spacial score (nSPS) is 20.1. The molecule has 0 aromatic heterocycles. The van der Waals surface area contributed by atoms with Gasteiger partial charge in [-0.05, 0) is 25.8 Å². The molecule has 0 aromatic rings. The van der Waals surface area contributed by atoms with Gasteiger partial charge in [-0.15, -0.1) is 0 Å². The van der Waals surface area contributed by atoms with Crippen molar-refractivity contribution in [3.63, 3.8) is 0 Å². The van der Waals surface area contributed by atoms with Gasteiger partial charge in [0.05, 0.1) is 5.75 Å². The maximum atomic E-state index is 10.9. The zero-order valence-corrected chi connectivity index (χ0v) is 10.5. The van der Waals surface area contributed by atoms with Crippen LogP contribution in [0.3, 0.4) is 0 Å². The summed E-state index contributed by atoms with van der Waals surface area (Å²) < 4.78 is 21.8. The fraction of sp³-hybridized carbons (Fsp3) is 1.00. The molecule has 0 heterocycles. The first-order valence-corrected chi connectivity index (χ1v) is 8.05. The minimum Gasteiger partial charge on any atom is -0.314 e. The van der Waals surface area contributed by atoms with Gasteiger partial charge in [0, 0.05) is 12.3 Å². The lowest BCUT2D eigenvalue weighted by Crippen LogP contribution is -2.30. The van der Waals surface area contributed by atoms with Crippen LogP contribution in [0.25, 0.3) is 0 Å². The molecule has 1 aliphatic rings. The van der Waals surface area contributed by atoms with Crippen LogP contribution >= 0.6 is 0 Å². The molecule has 90 valence electrons. The van der Waals surface area contributed by atoms with Gasteiger partial charge >= 0.3 is 0 Å². The number of nitrogens with one attached hydrogen (secondary N) is 1. The number of sulfone groups is 1. The first-order valence-electron chi connectivity index (χ1n) is 5.99. The van der Waals surface area contributed by atoms with Crippen LogP contribution in [0.4, 0.5) is 0 Å². The molecule has 4 heteroatoms. The second-order valence-electron chi connectivity index (χ2n) is 4.63.